The number of rotatable bonds is 9. The molecule has 2 aliphatic carbocycles. The molecule has 1 unspecified atom stereocenters. The maximum absolute atomic E-state index is 13.9. The molecule has 1 aliphatic heterocycles. The molecule has 3 amide bonds. The quantitative estimate of drug-likeness (QED) is 0.265. The number of aromatic nitrogens is 3. The van der Waals surface area contributed by atoms with E-state index in [9.17, 15) is 24.0 Å². The Morgan fingerprint density at radius 2 is 1.54 bits per heavy atom. The van der Waals surface area contributed by atoms with Gasteiger partial charge in [-0.25, -0.2) is 4.39 Å². The third kappa shape index (κ3) is 6.23. The number of likely N-dealkylation sites (tertiary alicyclic amines) is 1. The Morgan fingerprint density at radius 1 is 0.942 bits per heavy atom. The van der Waals surface area contributed by atoms with E-state index in [4.69, 9.17) is 5.10 Å². The molecule has 2 fully saturated rings. The number of aromatic amines is 1. The SMILES string of the molecule is C[C@@H](CC1(c2nnc(-c3ccc(F)cc3)[nH]2)c2ccc(C(=O)N(C)C)cc2CCc2cc(C(=O)N(C)C)ccc21)NCC(=O)N1C(C#N)C[C@@H]2C[C@@H]21. The number of H-pyrrole nitrogens is 1. The van der Waals surface area contributed by atoms with E-state index in [-0.39, 0.29) is 42.2 Å². The summed E-state index contributed by atoms with van der Waals surface area (Å²) in [6.07, 6.45) is 3.31. The Balaban J connectivity index is 1.36. The Morgan fingerprint density at radius 3 is 2.10 bits per heavy atom. The summed E-state index contributed by atoms with van der Waals surface area (Å²) in [5.41, 5.74) is 4.58. The van der Waals surface area contributed by atoms with Crippen molar-refractivity contribution in [3.05, 3.63) is 106 Å². The molecule has 1 saturated carbocycles. The first kappa shape index (κ1) is 35.0. The number of benzene rings is 3. The highest BCUT2D eigenvalue weighted by Gasteiger charge is 2.54. The van der Waals surface area contributed by atoms with Crippen molar-refractivity contribution in [1.82, 2.24) is 35.2 Å². The van der Waals surface area contributed by atoms with E-state index in [1.165, 1.54) is 12.1 Å². The molecule has 12 heteroatoms. The second-order valence-electron chi connectivity index (χ2n) is 14.8. The number of nitriles is 1. The molecule has 2 heterocycles. The molecule has 0 radical (unpaired) electrons. The largest absolute Gasteiger partial charge is 0.345 e. The van der Waals surface area contributed by atoms with Crippen molar-refractivity contribution in [3.63, 3.8) is 0 Å². The Hall–Kier alpha value is -5.41. The van der Waals surface area contributed by atoms with Gasteiger partial charge < -0.3 is 25.0 Å². The van der Waals surface area contributed by atoms with Gasteiger partial charge in [0.1, 0.15) is 17.7 Å². The number of nitrogens with zero attached hydrogens (tertiary/aromatic N) is 6. The minimum absolute atomic E-state index is 0.0716. The van der Waals surface area contributed by atoms with Gasteiger partial charge in [0.25, 0.3) is 11.8 Å². The van der Waals surface area contributed by atoms with Gasteiger partial charge in [0.15, 0.2) is 5.82 Å². The van der Waals surface area contributed by atoms with Crippen molar-refractivity contribution in [1.29, 1.82) is 5.26 Å². The van der Waals surface area contributed by atoms with E-state index in [0.717, 1.165) is 35.1 Å². The second kappa shape index (κ2) is 13.6. The van der Waals surface area contributed by atoms with Crippen LogP contribution in [-0.4, -0.2) is 100 Å². The van der Waals surface area contributed by atoms with Crippen LogP contribution in [0.1, 0.15) is 75.0 Å². The summed E-state index contributed by atoms with van der Waals surface area (Å²) in [7, 11) is 6.90. The minimum Gasteiger partial charge on any atom is -0.345 e. The lowest BCUT2D eigenvalue weighted by molar-refractivity contribution is -0.131. The number of fused-ring (bicyclic) bond motifs is 3. The predicted octanol–water partition coefficient (Wildman–Crippen LogP) is 4.33. The molecule has 3 aromatic carbocycles. The van der Waals surface area contributed by atoms with Gasteiger partial charge in [-0.2, -0.15) is 5.26 Å². The summed E-state index contributed by atoms with van der Waals surface area (Å²) in [6, 6.07) is 19.4. The molecular formula is C40H43FN8O3. The number of carbonyl (C=O) groups excluding carboxylic acids is 3. The zero-order valence-corrected chi connectivity index (χ0v) is 30.1. The predicted molar refractivity (Wildman–Crippen MR) is 193 cm³/mol. The molecule has 7 rings (SSSR count). The van der Waals surface area contributed by atoms with Gasteiger partial charge in [0.05, 0.1) is 18.0 Å². The van der Waals surface area contributed by atoms with E-state index < -0.39 is 11.5 Å². The van der Waals surface area contributed by atoms with Crippen LogP contribution in [0.5, 0.6) is 0 Å². The van der Waals surface area contributed by atoms with Gasteiger partial charge in [0.2, 0.25) is 5.91 Å². The summed E-state index contributed by atoms with van der Waals surface area (Å²) >= 11 is 0. The first-order valence-electron chi connectivity index (χ1n) is 17.7. The maximum Gasteiger partial charge on any atom is 0.253 e. The van der Waals surface area contributed by atoms with Crippen LogP contribution in [0.15, 0.2) is 60.7 Å². The Kier molecular flexibility index (Phi) is 9.17. The smallest absolute Gasteiger partial charge is 0.253 e. The normalized spacial score (nSPS) is 20.1. The van der Waals surface area contributed by atoms with E-state index in [1.54, 1.807) is 55.0 Å². The van der Waals surface area contributed by atoms with Gasteiger partial charge >= 0.3 is 0 Å². The van der Waals surface area contributed by atoms with Gasteiger partial charge in [-0.05, 0) is 116 Å². The summed E-state index contributed by atoms with van der Waals surface area (Å²) in [4.78, 5) is 48.3. The standard InChI is InChI=1S/C40H43FN8O3/c1-23(43-22-35(50)49-31(21-42)18-29-19-34(29)49)20-40(39-44-36(45-46-39)24-8-12-30(41)13-9-24)32-14-10-27(37(51)47(2)3)16-25(32)6-7-26-17-28(11-15-33(26)40)38(52)48(4)5/h8-17,23,29,31,34,43H,6-7,18-20,22H2,1-5H3,(H,44,45,46)/t23-,29+,31?,34-/m0/s1. The van der Waals surface area contributed by atoms with Crippen molar-refractivity contribution in [3.8, 4) is 17.5 Å². The highest BCUT2D eigenvalue weighted by Crippen LogP contribution is 2.49. The number of aryl methyl sites for hydroxylation is 2. The van der Waals surface area contributed by atoms with Crippen molar-refractivity contribution >= 4 is 17.7 Å². The molecule has 4 atom stereocenters. The van der Waals surface area contributed by atoms with Crippen LogP contribution in [0.3, 0.4) is 0 Å². The zero-order chi connectivity index (χ0) is 36.9. The minimum atomic E-state index is -0.980. The van der Waals surface area contributed by atoms with Crippen LogP contribution in [0.25, 0.3) is 11.4 Å². The molecule has 0 spiro atoms. The number of halogens is 1. The van der Waals surface area contributed by atoms with E-state index in [2.05, 4.69) is 21.5 Å². The van der Waals surface area contributed by atoms with Crippen LogP contribution in [0, 0.1) is 23.1 Å². The monoisotopic (exact) mass is 702 g/mol. The third-order valence-electron chi connectivity index (χ3n) is 10.9. The van der Waals surface area contributed by atoms with Crippen molar-refractivity contribution < 1.29 is 18.8 Å². The molecule has 52 heavy (non-hydrogen) atoms. The summed E-state index contributed by atoms with van der Waals surface area (Å²) in [6.45, 7) is 2.10. The maximum atomic E-state index is 13.9. The molecule has 1 aromatic heterocycles. The molecule has 3 aliphatic rings. The average Bonchev–Trinajstić information content (AvgIpc) is 3.57. The van der Waals surface area contributed by atoms with E-state index in [0.29, 0.717) is 53.5 Å². The van der Waals surface area contributed by atoms with Crippen molar-refractivity contribution in [2.45, 2.75) is 62.6 Å². The lowest BCUT2D eigenvalue weighted by atomic mass is 9.67. The van der Waals surface area contributed by atoms with Crippen LogP contribution >= 0.6 is 0 Å². The fourth-order valence-electron chi connectivity index (χ4n) is 8.21. The summed E-state index contributed by atoms with van der Waals surface area (Å²) < 4.78 is 13.9. The van der Waals surface area contributed by atoms with Crippen LogP contribution in [-0.2, 0) is 23.1 Å². The molecule has 1 saturated heterocycles. The van der Waals surface area contributed by atoms with E-state index in [1.807, 2.05) is 43.3 Å². The zero-order valence-electron chi connectivity index (χ0n) is 30.1. The van der Waals surface area contributed by atoms with Crippen molar-refractivity contribution in [2.75, 3.05) is 34.7 Å². The number of hydrogen-bond donors (Lipinski definition) is 2. The van der Waals surface area contributed by atoms with Crippen LogP contribution in [0.2, 0.25) is 0 Å². The Labute approximate surface area is 302 Å². The third-order valence-corrected chi connectivity index (χ3v) is 10.9. The lowest BCUT2D eigenvalue weighted by Gasteiger charge is -2.37. The topological polar surface area (TPSA) is 138 Å². The fourth-order valence-corrected chi connectivity index (χ4v) is 8.21. The number of carbonyl (C=O) groups is 3. The molecule has 268 valence electrons. The second-order valence-corrected chi connectivity index (χ2v) is 14.8. The molecule has 0 bridgehead atoms. The molecular weight excluding hydrogens is 659 g/mol. The fraction of sp³-hybridized carbons (Fsp3) is 0.400. The highest BCUT2D eigenvalue weighted by atomic mass is 19.1. The Bertz CT molecular complexity index is 2010. The molecule has 11 nitrogen and oxygen atoms in total. The van der Waals surface area contributed by atoms with E-state index >= 15 is 0 Å². The number of hydrogen-bond acceptors (Lipinski definition) is 7. The van der Waals surface area contributed by atoms with Gasteiger partial charge in [-0.15, -0.1) is 10.2 Å². The average molecular weight is 703 g/mol. The highest BCUT2D eigenvalue weighted by molar-refractivity contribution is 5.95. The first-order valence-corrected chi connectivity index (χ1v) is 17.7. The molecule has 2 N–H and O–H groups in total. The number of amides is 3. The number of nitrogens with one attached hydrogen (secondary N) is 2. The van der Waals surface area contributed by atoms with Crippen LogP contribution < -0.4 is 5.32 Å². The van der Waals surface area contributed by atoms with Gasteiger partial charge in [0, 0.05) is 57.0 Å². The number of piperidine rings is 1. The summed E-state index contributed by atoms with van der Waals surface area (Å²) in [5.74, 6) is 0.748. The van der Waals surface area contributed by atoms with Gasteiger partial charge in [-0.1, -0.05) is 12.1 Å². The van der Waals surface area contributed by atoms with Crippen molar-refractivity contribution in [2.24, 2.45) is 5.92 Å². The lowest BCUT2D eigenvalue weighted by Crippen LogP contribution is -2.46. The summed E-state index contributed by atoms with van der Waals surface area (Å²) in [5, 5.41) is 22.5. The van der Waals surface area contributed by atoms with Crippen LogP contribution in [0.4, 0.5) is 4.39 Å². The van der Waals surface area contributed by atoms with Gasteiger partial charge in [-0.3, -0.25) is 14.4 Å². The first-order chi connectivity index (χ1) is 24.9. The molecule has 4 aromatic rings.